The van der Waals surface area contributed by atoms with E-state index in [1.165, 1.54) is 0 Å². The average molecular weight is 242 g/mol. The van der Waals surface area contributed by atoms with Gasteiger partial charge < -0.3 is 5.11 Å². The summed E-state index contributed by atoms with van der Waals surface area (Å²) >= 11 is 0. The van der Waals surface area contributed by atoms with Gasteiger partial charge in [-0.25, -0.2) is 0 Å². The number of aryl methyl sites for hydroxylation is 3. The Labute approximate surface area is 97.3 Å². The summed E-state index contributed by atoms with van der Waals surface area (Å²) in [7, 11) is 0. The molecule has 1 N–H and O–H groups in total. The number of rotatable bonds is 0. The van der Waals surface area contributed by atoms with Gasteiger partial charge in [-0.3, -0.25) is 0 Å². The van der Waals surface area contributed by atoms with Gasteiger partial charge in [0.05, 0.1) is 0 Å². The van der Waals surface area contributed by atoms with Crippen LogP contribution < -0.4 is 0 Å². The van der Waals surface area contributed by atoms with E-state index in [9.17, 15) is 18.3 Å². The minimum atomic E-state index is -4.58. The highest BCUT2D eigenvalue weighted by molar-refractivity contribution is 5.46. The molecule has 2 aliphatic rings. The van der Waals surface area contributed by atoms with Crippen molar-refractivity contribution in [1.29, 1.82) is 0 Å². The van der Waals surface area contributed by atoms with Crippen LogP contribution in [0, 0.1) is 0 Å². The van der Waals surface area contributed by atoms with E-state index in [2.05, 4.69) is 0 Å². The maximum absolute atomic E-state index is 12.9. The summed E-state index contributed by atoms with van der Waals surface area (Å²) in [6.07, 6.45) is -1.72. The molecule has 0 saturated heterocycles. The van der Waals surface area contributed by atoms with Crippen molar-refractivity contribution in [3.05, 3.63) is 34.4 Å². The summed E-state index contributed by atoms with van der Waals surface area (Å²) in [5.41, 5.74) is 0.277. The highest BCUT2D eigenvalue weighted by Crippen LogP contribution is 2.49. The molecule has 1 aromatic carbocycles. The zero-order chi connectivity index (χ0) is 12.3. The molecule has 1 atom stereocenters. The van der Waals surface area contributed by atoms with E-state index in [0.29, 0.717) is 12.0 Å². The number of alkyl halides is 3. The maximum atomic E-state index is 12.9. The highest BCUT2D eigenvalue weighted by Gasteiger charge is 2.57. The largest absolute Gasteiger partial charge is 0.421 e. The van der Waals surface area contributed by atoms with E-state index < -0.39 is 11.8 Å². The van der Waals surface area contributed by atoms with E-state index in [0.717, 1.165) is 30.4 Å². The van der Waals surface area contributed by atoms with Gasteiger partial charge in [0.15, 0.2) is 5.60 Å². The lowest BCUT2D eigenvalue weighted by molar-refractivity contribution is -0.265. The number of benzene rings is 1. The first-order valence-corrected chi connectivity index (χ1v) is 5.86. The molecule has 1 unspecified atom stereocenters. The molecular formula is C13H13F3O. The van der Waals surface area contributed by atoms with Crippen LogP contribution >= 0.6 is 0 Å². The van der Waals surface area contributed by atoms with Crippen molar-refractivity contribution in [2.75, 3.05) is 0 Å². The fourth-order valence-electron chi connectivity index (χ4n) is 3.01. The zero-order valence-corrected chi connectivity index (χ0v) is 9.27. The molecule has 3 rings (SSSR count). The second-order valence-corrected chi connectivity index (χ2v) is 4.99. The molecule has 0 amide bonds. The Balaban J connectivity index is 2.14. The van der Waals surface area contributed by atoms with Crippen LogP contribution in [-0.4, -0.2) is 11.3 Å². The van der Waals surface area contributed by atoms with E-state index >= 15 is 0 Å². The molecular weight excluding hydrogens is 229 g/mol. The molecule has 1 nitrogen and oxygen atoms in total. The number of halogens is 3. The van der Waals surface area contributed by atoms with Crippen LogP contribution in [0.4, 0.5) is 13.2 Å². The van der Waals surface area contributed by atoms with Crippen molar-refractivity contribution >= 4 is 0 Å². The number of aliphatic hydroxyl groups is 1. The van der Waals surface area contributed by atoms with E-state index in [1.54, 1.807) is 6.07 Å². The van der Waals surface area contributed by atoms with Crippen LogP contribution in [0.25, 0.3) is 0 Å². The van der Waals surface area contributed by atoms with Gasteiger partial charge in [-0.15, -0.1) is 0 Å². The van der Waals surface area contributed by atoms with Gasteiger partial charge in [-0.1, -0.05) is 12.1 Å². The third-order valence-corrected chi connectivity index (χ3v) is 3.99. The molecule has 0 fully saturated rings. The quantitative estimate of drug-likeness (QED) is 0.741. The van der Waals surface area contributed by atoms with Crippen LogP contribution in [0.15, 0.2) is 12.1 Å². The Morgan fingerprint density at radius 1 is 1.00 bits per heavy atom. The molecule has 4 heteroatoms. The Bertz CT molecular complexity index is 478. The normalized spacial score (nSPS) is 27.1. The van der Waals surface area contributed by atoms with Gasteiger partial charge in [-0.05, 0) is 54.4 Å². The van der Waals surface area contributed by atoms with Gasteiger partial charge in [0.1, 0.15) is 0 Å². The van der Waals surface area contributed by atoms with Crippen LogP contribution in [0.1, 0.15) is 35.1 Å². The summed E-state index contributed by atoms with van der Waals surface area (Å²) in [4.78, 5) is 0. The lowest BCUT2D eigenvalue weighted by Crippen LogP contribution is -2.40. The first-order valence-electron chi connectivity index (χ1n) is 5.86. The number of hydrogen-bond donors (Lipinski definition) is 1. The Hall–Kier alpha value is -1.03. The number of fused-ring (bicyclic) bond motifs is 2. The van der Waals surface area contributed by atoms with Crippen molar-refractivity contribution in [2.45, 2.75) is 43.9 Å². The molecule has 0 saturated carbocycles. The maximum Gasteiger partial charge on any atom is 0.421 e. The molecule has 0 radical (unpaired) electrons. The van der Waals surface area contributed by atoms with Crippen molar-refractivity contribution in [2.24, 2.45) is 0 Å². The van der Waals surface area contributed by atoms with E-state index in [-0.39, 0.29) is 12.0 Å². The third kappa shape index (κ3) is 1.43. The second kappa shape index (κ2) is 3.25. The van der Waals surface area contributed by atoms with Crippen LogP contribution in [0.5, 0.6) is 0 Å². The minimum absolute atomic E-state index is 0.0886. The zero-order valence-electron chi connectivity index (χ0n) is 9.27. The van der Waals surface area contributed by atoms with E-state index in [1.807, 2.05) is 6.07 Å². The van der Waals surface area contributed by atoms with Crippen LogP contribution in [-0.2, 0) is 24.9 Å². The summed E-state index contributed by atoms with van der Waals surface area (Å²) in [6.45, 7) is 0. The summed E-state index contributed by atoms with van der Waals surface area (Å²) < 4.78 is 38.8. The topological polar surface area (TPSA) is 20.2 Å². The predicted molar refractivity (Wildman–Crippen MR) is 56.7 cm³/mol. The third-order valence-electron chi connectivity index (χ3n) is 3.99. The Kier molecular flexibility index (Phi) is 2.12. The van der Waals surface area contributed by atoms with Crippen molar-refractivity contribution < 1.29 is 18.3 Å². The molecule has 0 heterocycles. The van der Waals surface area contributed by atoms with Gasteiger partial charge in [0, 0.05) is 0 Å². The van der Waals surface area contributed by atoms with Gasteiger partial charge in [-0.2, -0.15) is 13.2 Å². The average Bonchev–Trinajstić information content (AvgIpc) is 2.80. The van der Waals surface area contributed by atoms with E-state index in [4.69, 9.17) is 0 Å². The van der Waals surface area contributed by atoms with Crippen LogP contribution in [0.2, 0.25) is 0 Å². The molecule has 2 aliphatic carbocycles. The standard InChI is InChI=1S/C13H13F3O/c14-13(15,16)12(17)5-4-10-6-8-2-1-3-9(8)7-11(10)12/h6-7,17H,1-5H2. The minimum Gasteiger partial charge on any atom is -0.376 e. The Morgan fingerprint density at radius 3 is 2.29 bits per heavy atom. The molecule has 0 aliphatic heterocycles. The van der Waals surface area contributed by atoms with Gasteiger partial charge in [0.2, 0.25) is 0 Å². The SMILES string of the molecule is OC1(C(F)(F)F)CCc2cc3c(cc21)CCC3. The number of hydrogen-bond acceptors (Lipinski definition) is 1. The lowest BCUT2D eigenvalue weighted by Gasteiger charge is -2.27. The fourth-order valence-corrected chi connectivity index (χ4v) is 3.01. The molecule has 1 aromatic rings. The predicted octanol–water partition coefficient (Wildman–Crippen LogP) is 2.87. The van der Waals surface area contributed by atoms with Crippen molar-refractivity contribution in [1.82, 2.24) is 0 Å². The Morgan fingerprint density at radius 2 is 1.65 bits per heavy atom. The first kappa shape index (κ1) is 11.1. The summed E-state index contributed by atoms with van der Waals surface area (Å²) in [5, 5.41) is 9.89. The molecule has 17 heavy (non-hydrogen) atoms. The monoisotopic (exact) mass is 242 g/mol. The summed E-state index contributed by atoms with van der Waals surface area (Å²) in [6, 6.07) is 3.44. The summed E-state index contributed by atoms with van der Waals surface area (Å²) in [5.74, 6) is 0. The molecule has 0 spiro atoms. The highest BCUT2D eigenvalue weighted by atomic mass is 19.4. The first-order chi connectivity index (χ1) is 7.92. The van der Waals surface area contributed by atoms with Crippen LogP contribution in [0.3, 0.4) is 0 Å². The molecule has 0 bridgehead atoms. The van der Waals surface area contributed by atoms with Crippen molar-refractivity contribution in [3.8, 4) is 0 Å². The lowest BCUT2D eigenvalue weighted by atomic mass is 9.92. The smallest absolute Gasteiger partial charge is 0.376 e. The fraction of sp³-hybridized carbons (Fsp3) is 0.538. The van der Waals surface area contributed by atoms with Gasteiger partial charge in [0.25, 0.3) is 0 Å². The van der Waals surface area contributed by atoms with Crippen molar-refractivity contribution in [3.63, 3.8) is 0 Å². The molecule has 92 valence electrons. The molecule has 0 aromatic heterocycles. The second-order valence-electron chi connectivity index (χ2n) is 4.99. The van der Waals surface area contributed by atoms with Gasteiger partial charge >= 0.3 is 6.18 Å².